The predicted molar refractivity (Wildman–Crippen MR) is 59.9 cm³/mol. The Morgan fingerprint density at radius 3 is 2.87 bits per heavy atom. The van der Waals surface area contributed by atoms with E-state index >= 15 is 0 Å². The molecule has 0 radical (unpaired) electrons. The molecule has 1 aromatic carbocycles. The molecule has 78 valence electrons. The number of rotatable bonds is 3. The van der Waals surface area contributed by atoms with Gasteiger partial charge in [-0.1, -0.05) is 26.0 Å². The summed E-state index contributed by atoms with van der Waals surface area (Å²) in [5.41, 5.74) is 1.77. The topological polar surface area (TPSA) is 45.8 Å². The highest BCUT2D eigenvalue weighted by Crippen LogP contribution is 2.14. The molecule has 1 unspecified atom stereocenters. The van der Waals surface area contributed by atoms with Gasteiger partial charge < -0.3 is 4.98 Å². The van der Waals surface area contributed by atoms with Crippen molar-refractivity contribution in [2.75, 3.05) is 0 Å². The summed E-state index contributed by atoms with van der Waals surface area (Å²) in [6.07, 6.45) is 0.843. The van der Waals surface area contributed by atoms with E-state index in [-0.39, 0.29) is 11.7 Å². The molecule has 1 heterocycles. The smallest absolute Gasteiger partial charge is 0.200 e. The van der Waals surface area contributed by atoms with Crippen molar-refractivity contribution >= 4 is 16.8 Å². The zero-order valence-electron chi connectivity index (χ0n) is 8.95. The summed E-state index contributed by atoms with van der Waals surface area (Å²) in [5.74, 6) is 0.602. The molecule has 3 heteroatoms. The fourth-order valence-electron chi connectivity index (χ4n) is 1.49. The van der Waals surface area contributed by atoms with Crippen LogP contribution in [0.25, 0.3) is 11.0 Å². The van der Waals surface area contributed by atoms with Gasteiger partial charge in [0.05, 0.1) is 11.0 Å². The lowest BCUT2D eigenvalue weighted by atomic mass is 10.0. The molecule has 0 spiro atoms. The summed E-state index contributed by atoms with van der Waals surface area (Å²) in [5, 5.41) is 0. The Balaban J connectivity index is 2.41. The Kier molecular flexibility index (Phi) is 2.54. The van der Waals surface area contributed by atoms with E-state index in [0.717, 1.165) is 17.5 Å². The Morgan fingerprint density at radius 2 is 2.20 bits per heavy atom. The van der Waals surface area contributed by atoms with Gasteiger partial charge in [-0.3, -0.25) is 4.79 Å². The second-order valence-corrected chi connectivity index (χ2v) is 3.78. The maximum Gasteiger partial charge on any atom is 0.200 e. The first-order valence-corrected chi connectivity index (χ1v) is 5.21. The second kappa shape index (κ2) is 3.85. The number of ketones is 1. The number of hydrogen-bond acceptors (Lipinski definition) is 2. The minimum absolute atomic E-state index is 0.0329. The van der Waals surface area contributed by atoms with E-state index in [1.165, 1.54) is 0 Å². The number of aromatic nitrogens is 2. The molecule has 3 nitrogen and oxygen atoms in total. The van der Waals surface area contributed by atoms with Crippen LogP contribution in [0.15, 0.2) is 24.3 Å². The van der Waals surface area contributed by atoms with Crippen LogP contribution >= 0.6 is 0 Å². The predicted octanol–water partition coefficient (Wildman–Crippen LogP) is 2.79. The second-order valence-electron chi connectivity index (χ2n) is 3.78. The SMILES string of the molecule is CCC(C)C(=O)c1nc2ccccc2[nH]1. The normalized spacial score (nSPS) is 12.9. The lowest BCUT2D eigenvalue weighted by molar-refractivity contribution is 0.0918. The number of aromatic amines is 1. The van der Waals surface area contributed by atoms with Crippen LogP contribution in [0.5, 0.6) is 0 Å². The average molecular weight is 202 g/mol. The number of nitrogens with zero attached hydrogens (tertiary/aromatic N) is 1. The van der Waals surface area contributed by atoms with E-state index in [1.54, 1.807) is 0 Å². The zero-order chi connectivity index (χ0) is 10.8. The number of H-pyrrole nitrogens is 1. The van der Waals surface area contributed by atoms with Gasteiger partial charge in [-0.05, 0) is 18.6 Å². The van der Waals surface area contributed by atoms with Crippen molar-refractivity contribution < 1.29 is 4.79 Å². The fourth-order valence-corrected chi connectivity index (χ4v) is 1.49. The number of hydrogen-bond donors (Lipinski definition) is 1. The first-order valence-electron chi connectivity index (χ1n) is 5.21. The monoisotopic (exact) mass is 202 g/mol. The van der Waals surface area contributed by atoms with E-state index in [1.807, 2.05) is 38.1 Å². The molecule has 0 bridgehead atoms. The zero-order valence-corrected chi connectivity index (χ0v) is 8.95. The third-order valence-corrected chi connectivity index (χ3v) is 2.68. The third kappa shape index (κ3) is 1.77. The van der Waals surface area contributed by atoms with Crippen molar-refractivity contribution in [2.24, 2.45) is 5.92 Å². The number of Topliss-reactive ketones (excluding diaryl/α,β-unsaturated/α-hetero) is 1. The molecule has 1 N–H and O–H groups in total. The van der Waals surface area contributed by atoms with Crippen molar-refractivity contribution in [3.63, 3.8) is 0 Å². The van der Waals surface area contributed by atoms with Crippen LogP contribution in [0, 0.1) is 5.92 Å². The summed E-state index contributed by atoms with van der Waals surface area (Å²) in [7, 11) is 0. The quantitative estimate of drug-likeness (QED) is 0.778. The summed E-state index contributed by atoms with van der Waals surface area (Å²) < 4.78 is 0. The van der Waals surface area contributed by atoms with Crippen LogP contribution in [0.3, 0.4) is 0 Å². The van der Waals surface area contributed by atoms with Crippen molar-refractivity contribution in [2.45, 2.75) is 20.3 Å². The molecule has 0 fully saturated rings. The Morgan fingerprint density at radius 1 is 1.47 bits per heavy atom. The molecule has 1 atom stereocenters. The van der Waals surface area contributed by atoms with Crippen LogP contribution in [0.2, 0.25) is 0 Å². The van der Waals surface area contributed by atoms with Gasteiger partial charge in [-0.15, -0.1) is 0 Å². The Bertz CT molecular complexity index is 454. The summed E-state index contributed by atoms with van der Waals surface area (Å²) >= 11 is 0. The minimum atomic E-state index is 0.0329. The van der Waals surface area contributed by atoms with E-state index in [0.29, 0.717) is 5.82 Å². The van der Waals surface area contributed by atoms with Crippen LogP contribution in [0.1, 0.15) is 30.9 Å². The number of carbonyl (C=O) groups excluding carboxylic acids is 1. The maximum absolute atomic E-state index is 11.9. The van der Waals surface area contributed by atoms with Crippen molar-refractivity contribution in [3.05, 3.63) is 30.1 Å². The fraction of sp³-hybridized carbons (Fsp3) is 0.333. The first kappa shape index (κ1) is 9.90. The largest absolute Gasteiger partial charge is 0.335 e. The highest BCUT2D eigenvalue weighted by atomic mass is 16.1. The van der Waals surface area contributed by atoms with E-state index in [2.05, 4.69) is 9.97 Å². The summed E-state index contributed by atoms with van der Waals surface area (Å²) in [6.45, 7) is 3.93. The summed E-state index contributed by atoms with van der Waals surface area (Å²) in [4.78, 5) is 19.2. The number of carbonyl (C=O) groups is 1. The minimum Gasteiger partial charge on any atom is -0.335 e. The van der Waals surface area contributed by atoms with Gasteiger partial charge in [0.2, 0.25) is 5.78 Å². The van der Waals surface area contributed by atoms with Gasteiger partial charge in [-0.25, -0.2) is 4.98 Å². The first-order chi connectivity index (χ1) is 7.22. The lowest BCUT2D eigenvalue weighted by Crippen LogP contribution is -2.11. The van der Waals surface area contributed by atoms with Crippen molar-refractivity contribution in [1.82, 2.24) is 9.97 Å². The molecule has 0 aliphatic heterocycles. The highest BCUT2D eigenvalue weighted by molar-refractivity contribution is 5.97. The van der Waals surface area contributed by atoms with Gasteiger partial charge in [-0.2, -0.15) is 0 Å². The van der Waals surface area contributed by atoms with Crippen molar-refractivity contribution in [1.29, 1.82) is 0 Å². The van der Waals surface area contributed by atoms with Gasteiger partial charge in [0, 0.05) is 5.92 Å². The third-order valence-electron chi connectivity index (χ3n) is 2.68. The maximum atomic E-state index is 11.9. The number of benzene rings is 1. The van der Waals surface area contributed by atoms with Crippen LogP contribution < -0.4 is 0 Å². The van der Waals surface area contributed by atoms with E-state index in [4.69, 9.17) is 0 Å². The van der Waals surface area contributed by atoms with Gasteiger partial charge >= 0.3 is 0 Å². The van der Waals surface area contributed by atoms with Crippen LogP contribution in [-0.4, -0.2) is 15.8 Å². The van der Waals surface area contributed by atoms with E-state index < -0.39 is 0 Å². The van der Waals surface area contributed by atoms with Gasteiger partial charge in [0.1, 0.15) is 0 Å². The molecule has 0 saturated carbocycles. The molecular formula is C12H14N2O. The van der Waals surface area contributed by atoms with Crippen molar-refractivity contribution in [3.8, 4) is 0 Å². The standard InChI is InChI=1S/C12H14N2O/c1-3-8(2)11(15)12-13-9-6-4-5-7-10(9)14-12/h4-8H,3H2,1-2H3,(H,13,14). The number of fused-ring (bicyclic) bond motifs is 1. The highest BCUT2D eigenvalue weighted by Gasteiger charge is 2.16. The molecule has 0 aliphatic rings. The Hall–Kier alpha value is -1.64. The molecule has 0 aliphatic carbocycles. The number of imidazole rings is 1. The molecule has 1 aromatic heterocycles. The molecule has 2 rings (SSSR count). The lowest BCUT2D eigenvalue weighted by Gasteiger charge is -2.02. The average Bonchev–Trinajstić information content (AvgIpc) is 2.70. The summed E-state index contributed by atoms with van der Waals surface area (Å²) in [6, 6.07) is 7.67. The molecule has 15 heavy (non-hydrogen) atoms. The number of nitrogens with one attached hydrogen (secondary N) is 1. The Labute approximate surface area is 88.5 Å². The molecule has 0 amide bonds. The van der Waals surface area contributed by atoms with Crippen LogP contribution in [-0.2, 0) is 0 Å². The van der Waals surface area contributed by atoms with E-state index in [9.17, 15) is 4.79 Å². The number of para-hydroxylation sites is 2. The molecule has 2 aromatic rings. The van der Waals surface area contributed by atoms with Crippen LogP contribution in [0.4, 0.5) is 0 Å². The van der Waals surface area contributed by atoms with Gasteiger partial charge in [0.25, 0.3) is 0 Å². The van der Waals surface area contributed by atoms with Gasteiger partial charge in [0.15, 0.2) is 5.82 Å². The molecular weight excluding hydrogens is 188 g/mol. The molecule has 0 saturated heterocycles.